The lowest BCUT2D eigenvalue weighted by Crippen LogP contribution is -2.54. The number of anilines is 2. The molecule has 4 aromatic rings. The van der Waals surface area contributed by atoms with Gasteiger partial charge in [-0.05, 0) is 24.4 Å². The summed E-state index contributed by atoms with van der Waals surface area (Å²) in [6.07, 6.45) is -1.18. The molecule has 43 heavy (non-hydrogen) atoms. The molecule has 0 amide bonds. The molecule has 19 nitrogen and oxygen atoms in total. The third-order valence-electron chi connectivity index (χ3n) is 7.65. The van der Waals surface area contributed by atoms with Crippen molar-refractivity contribution in [2.24, 2.45) is 0 Å². The predicted octanol–water partition coefficient (Wildman–Crippen LogP) is -3.68. The number of hydrogen-bond acceptors (Lipinski definition) is 14. The lowest BCUT2D eigenvalue weighted by atomic mass is 10.1. The second kappa shape index (κ2) is 10.5. The lowest BCUT2D eigenvalue weighted by Gasteiger charge is -2.26. The molecule has 3 aliphatic heterocycles. The molecule has 3 fully saturated rings. The third kappa shape index (κ3) is 4.65. The first kappa shape index (κ1) is 27.5. The van der Waals surface area contributed by atoms with E-state index in [1.165, 1.54) is 23.5 Å². The van der Waals surface area contributed by atoms with Crippen LogP contribution in [0.4, 0.5) is 11.8 Å². The molecule has 4 aromatic heterocycles. The van der Waals surface area contributed by atoms with E-state index in [1.54, 1.807) is 4.57 Å². The van der Waals surface area contributed by atoms with Crippen LogP contribution in [0.5, 0.6) is 0 Å². The lowest BCUT2D eigenvalue weighted by molar-refractivity contribution is -0.0332. The summed E-state index contributed by atoms with van der Waals surface area (Å²) in [5.74, 6) is 0.106. The van der Waals surface area contributed by atoms with Crippen molar-refractivity contribution in [2.75, 3.05) is 24.6 Å². The van der Waals surface area contributed by atoms with Crippen LogP contribution in [0.1, 0.15) is 12.5 Å². The van der Waals surface area contributed by atoms with Gasteiger partial charge in [-0.3, -0.25) is 18.9 Å². The number of aliphatic hydroxyl groups excluding tert-OH is 2. The maximum atomic E-state index is 12.3. The smallest absolute Gasteiger partial charge is 0.280 e. The molecule has 7 heterocycles. The van der Waals surface area contributed by atoms with Crippen LogP contribution >= 0.6 is 24.4 Å². The molecule has 0 saturated carbocycles. The molecule has 0 radical (unpaired) electrons. The fourth-order valence-corrected chi connectivity index (χ4v) is 6.05. The SMILES string of the molecule is Nc1nc2c(ncn2C2OC3CNC(=S)NC4C(CNC(=S)NC2C3O)OC(n2cnc3c(N)ncnc32)C4O)c(=O)[nH]1. The molecule has 2 bridgehead atoms. The Labute approximate surface area is 251 Å². The maximum Gasteiger partial charge on any atom is 0.280 e. The number of ether oxygens (including phenoxy) is 2. The molecule has 0 aliphatic carbocycles. The number of aromatic amines is 1. The van der Waals surface area contributed by atoms with Crippen LogP contribution in [0.2, 0.25) is 0 Å². The first-order valence-corrected chi connectivity index (χ1v) is 13.9. The zero-order chi connectivity index (χ0) is 30.0. The van der Waals surface area contributed by atoms with Crippen molar-refractivity contribution in [1.29, 1.82) is 0 Å². The summed E-state index contributed by atoms with van der Waals surface area (Å²) in [5, 5.41) is 35.3. The summed E-state index contributed by atoms with van der Waals surface area (Å²) in [5.41, 5.74) is 12.2. The summed E-state index contributed by atoms with van der Waals surface area (Å²) in [4.78, 5) is 35.6. The summed E-state index contributed by atoms with van der Waals surface area (Å²) in [7, 11) is 0. The fraction of sp³-hybridized carbons (Fsp3) is 0.455. The van der Waals surface area contributed by atoms with E-state index >= 15 is 0 Å². The van der Waals surface area contributed by atoms with Crippen LogP contribution < -0.4 is 38.3 Å². The zero-order valence-corrected chi connectivity index (χ0v) is 23.6. The van der Waals surface area contributed by atoms with Crippen molar-refractivity contribution >= 4 is 68.8 Å². The van der Waals surface area contributed by atoms with Crippen molar-refractivity contribution in [3.63, 3.8) is 0 Å². The Kier molecular flexibility index (Phi) is 6.70. The number of aromatic nitrogens is 8. The topological polar surface area (TPSA) is 266 Å². The first-order valence-electron chi connectivity index (χ1n) is 13.1. The molecule has 7 rings (SSSR count). The number of nitrogens with zero attached hydrogens (tertiary/aromatic N) is 7. The number of nitrogen functional groups attached to an aromatic ring is 2. The number of H-pyrrole nitrogens is 1. The van der Waals surface area contributed by atoms with Gasteiger partial charge in [-0.2, -0.15) is 4.98 Å². The van der Waals surface area contributed by atoms with E-state index in [0.29, 0.717) is 11.2 Å². The van der Waals surface area contributed by atoms with Crippen LogP contribution in [0.3, 0.4) is 0 Å². The average molecular weight is 631 g/mol. The number of imidazole rings is 2. The molecule has 11 N–H and O–H groups in total. The van der Waals surface area contributed by atoms with Crippen molar-refractivity contribution in [3.05, 3.63) is 29.3 Å². The highest BCUT2D eigenvalue weighted by molar-refractivity contribution is 7.80. The Balaban J connectivity index is 1.16. The maximum absolute atomic E-state index is 12.3. The number of hydrogen-bond donors (Lipinski definition) is 9. The second-order valence-electron chi connectivity index (χ2n) is 10.2. The molecular formula is C22H26N14O5S2. The number of nitrogens with two attached hydrogens (primary N) is 2. The summed E-state index contributed by atoms with van der Waals surface area (Å²) >= 11 is 11.1. The summed E-state index contributed by atoms with van der Waals surface area (Å²) in [6, 6.07) is -1.48. The van der Waals surface area contributed by atoms with E-state index in [4.69, 9.17) is 45.4 Å². The van der Waals surface area contributed by atoms with E-state index in [2.05, 4.69) is 51.2 Å². The minimum absolute atomic E-state index is 0.0606. The first-order chi connectivity index (χ1) is 20.7. The summed E-state index contributed by atoms with van der Waals surface area (Å²) in [6.45, 7) is 0.230. The van der Waals surface area contributed by atoms with Gasteiger partial charge in [-0.15, -0.1) is 0 Å². The highest BCUT2D eigenvalue weighted by Gasteiger charge is 2.48. The second-order valence-corrected chi connectivity index (χ2v) is 11.0. The van der Waals surface area contributed by atoms with E-state index in [1.807, 2.05) is 0 Å². The predicted molar refractivity (Wildman–Crippen MR) is 157 cm³/mol. The molecule has 8 atom stereocenters. The van der Waals surface area contributed by atoms with Crippen molar-refractivity contribution in [3.8, 4) is 0 Å². The summed E-state index contributed by atoms with van der Waals surface area (Å²) < 4.78 is 15.6. The number of aliphatic hydroxyl groups is 2. The van der Waals surface area contributed by atoms with Crippen molar-refractivity contribution in [2.45, 2.75) is 49.0 Å². The van der Waals surface area contributed by atoms with Crippen LogP contribution in [0, 0.1) is 0 Å². The largest absolute Gasteiger partial charge is 0.388 e. The van der Waals surface area contributed by atoms with Gasteiger partial charge in [0.15, 0.2) is 45.3 Å². The molecular weight excluding hydrogens is 604 g/mol. The van der Waals surface area contributed by atoms with Gasteiger partial charge < -0.3 is 52.4 Å². The standard InChI is InChI=1S/C22H26N14O5S2/c23-14-10-15(28-3-27-14)35(4-29-10)19-13(38)8-6(40-19)1-25-22(43)32-9-12(37)7(2-26-21(42)31-8)41-18(9)36-5-30-11-16(36)33-20(24)34-17(11)39/h3-9,12-13,18-19,37-38H,1-2H2,(H2,23,27,28)(H2,25,32,43)(H2,26,31,42)(H3,24,33,34,39). The number of fused-ring (bicyclic) bond motifs is 5. The minimum Gasteiger partial charge on any atom is -0.388 e. The van der Waals surface area contributed by atoms with Gasteiger partial charge in [0.25, 0.3) is 5.56 Å². The van der Waals surface area contributed by atoms with Gasteiger partial charge in [0, 0.05) is 13.1 Å². The van der Waals surface area contributed by atoms with Gasteiger partial charge in [0.05, 0.1) is 18.7 Å². The van der Waals surface area contributed by atoms with E-state index in [9.17, 15) is 15.0 Å². The van der Waals surface area contributed by atoms with Gasteiger partial charge in [-0.1, -0.05) is 0 Å². The number of thiocarbonyl (C=S) groups is 2. The molecule has 0 aromatic carbocycles. The highest BCUT2D eigenvalue weighted by Crippen LogP contribution is 2.33. The molecule has 0 spiro atoms. The Morgan fingerprint density at radius 2 is 1.49 bits per heavy atom. The number of nitrogens with one attached hydrogen (secondary N) is 5. The number of rotatable bonds is 2. The van der Waals surface area contributed by atoms with Crippen LogP contribution in [0.15, 0.2) is 23.8 Å². The molecule has 21 heteroatoms. The Morgan fingerprint density at radius 3 is 2.26 bits per heavy atom. The van der Waals surface area contributed by atoms with Crippen LogP contribution in [0.25, 0.3) is 22.3 Å². The molecule has 8 unspecified atom stereocenters. The van der Waals surface area contributed by atoms with E-state index in [0.717, 1.165) is 0 Å². The quantitative estimate of drug-likeness (QED) is 0.0965. The monoisotopic (exact) mass is 630 g/mol. The molecule has 226 valence electrons. The van der Waals surface area contributed by atoms with Gasteiger partial charge in [0.1, 0.15) is 42.3 Å². The molecule has 3 aliphatic rings. The normalized spacial score (nSPS) is 31.3. The highest BCUT2D eigenvalue weighted by atomic mass is 32.1. The Hall–Kier alpha value is -4.28. The van der Waals surface area contributed by atoms with E-state index in [-0.39, 0.29) is 46.2 Å². The van der Waals surface area contributed by atoms with Crippen molar-refractivity contribution < 1.29 is 19.7 Å². The Bertz CT molecular complexity index is 1790. The third-order valence-corrected chi connectivity index (χ3v) is 8.18. The van der Waals surface area contributed by atoms with Gasteiger partial charge in [0.2, 0.25) is 5.95 Å². The van der Waals surface area contributed by atoms with Crippen LogP contribution in [-0.4, -0.2) is 109 Å². The van der Waals surface area contributed by atoms with E-state index < -0.39 is 54.5 Å². The minimum atomic E-state index is -1.09. The van der Waals surface area contributed by atoms with Crippen LogP contribution in [-0.2, 0) is 9.47 Å². The molecule has 3 saturated heterocycles. The Morgan fingerprint density at radius 1 is 0.837 bits per heavy atom. The fourth-order valence-electron chi connectivity index (χ4n) is 5.61. The van der Waals surface area contributed by atoms with Crippen molar-refractivity contribution in [1.82, 2.24) is 60.3 Å². The zero-order valence-electron chi connectivity index (χ0n) is 22.0. The van der Waals surface area contributed by atoms with Gasteiger partial charge in [-0.25, -0.2) is 19.9 Å². The average Bonchev–Trinajstić information content (AvgIpc) is 3.72. The van der Waals surface area contributed by atoms with Gasteiger partial charge >= 0.3 is 0 Å².